The number of benzene rings is 1. The zero-order chi connectivity index (χ0) is 14.6. The minimum atomic E-state index is -3.15. The lowest BCUT2D eigenvalue weighted by atomic mass is 10.2. The van der Waals surface area contributed by atoms with Crippen LogP contribution in [0.4, 0.5) is 11.6 Å². The van der Waals surface area contributed by atoms with Gasteiger partial charge in [0, 0.05) is 19.8 Å². The highest BCUT2D eigenvalue weighted by Crippen LogP contribution is 2.12. The third-order valence-electron chi connectivity index (χ3n) is 2.72. The Balaban J connectivity index is 2.04. The second-order valence-electron chi connectivity index (χ2n) is 4.31. The number of rotatable bonds is 5. The Hall–Kier alpha value is -2.15. The molecule has 0 aliphatic heterocycles. The lowest BCUT2D eigenvalue weighted by molar-refractivity contribution is 0.602. The molecule has 20 heavy (non-hydrogen) atoms. The van der Waals surface area contributed by atoms with Crippen LogP contribution in [0.5, 0.6) is 0 Å². The van der Waals surface area contributed by atoms with Crippen LogP contribution < -0.4 is 10.6 Å². The van der Waals surface area contributed by atoms with Gasteiger partial charge in [-0.2, -0.15) is 0 Å². The maximum Gasteiger partial charge on any atom is 0.175 e. The molecule has 0 spiro atoms. The lowest BCUT2D eigenvalue weighted by Crippen LogP contribution is -2.04. The van der Waals surface area contributed by atoms with Crippen molar-refractivity contribution in [1.82, 2.24) is 9.97 Å². The second-order valence-corrected chi connectivity index (χ2v) is 6.32. The van der Waals surface area contributed by atoms with E-state index >= 15 is 0 Å². The van der Waals surface area contributed by atoms with Gasteiger partial charge in [-0.25, -0.2) is 13.4 Å². The first-order valence-corrected chi connectivity index (χ1v) is 7.91. The maximum atomic E-state index is 11.4. The van der Waals surface area contributed by atoms with E-state index in [-0.39, 0.29) is 0 Å². The second kappa shape index (κ2) is 5.87. The fraction of sp³-hybridized carbons (Fsp3) is 0.231. The molecule has 0 saturated heterocycles. The molecule has 0 fully saturated rings. The molecule has 1 aromatic heterocycles. The molecule has 0 bridgehead atoms. The molecular formula is C13H16N4O2S. The summed E-state index contributed by atoms with van der Waals surface area (Å²) in [5.74, 6) is 1.34. The van der Waals surface area contributed by atoms with Crippen LogP contribution >= 0.6 is 0 Å². The highest BCUT2D eigenvalue weighted by atomic mass is 32.2. The van der Waals surface area contributed by atoms with E-state index < -0.39 is 9.84 Å². The van der Waals surface area contributed by atoms with Crippen LogP contribution in [0.3, 0.4) is 0 Å². The van der Waals surface area contributed by atoms with Gasteiger partial charge in [0.1, 0.15) is 11.6 Å². The number of aromatic nitrogens is 2. The van der Waals surface area contributed by atoms with Crippen molar-refractivity contribution < 1.29 is 8.42 Å². The van der Waals surface area contributed by atoms with E-state index in [0.717, 1.165) is 5.56 Å². The smallest absolute Gasteiger partial charge is 0.175 e. The van der Waals surface area contributed by atoms with Gasteiger partial charge in [0.25, 0.3) is 0 Å². The van der Waals surface area contributed by atoms with Gasteiger partial charge in [0.15, 0.2) is 9.84 Å². The van der Waals surface area contributed by atoms with E-state index in [0.29, 0.717) is 23.1 Å². The minimum Gasteiger partial charge on any atom is -0.372 e. The molecule has 2 rings (SSSR count). The Kier molecular flexibility index (Phi) is 4.19. The van der Waals surface area contributed by atoms with Crippen LogP contribution in [0.25, 0.3) is 0 Å². The summed E-state index contributed by atoms with van der Waals surface area (Å²) in [5, 5.41) is 6.04. The van der Waals surface area contributed by atoms with E-state index in [2.05, 4.69) is 20.6 Å². The number of nitrogens with zero attached hydrogens (tertiary/aromatic N) is 2. The van der Waals surface area contributed by atoms with E-state index in [1.165, 1.54) is 6.26 Å². The number of hydrogen-bond acceptors (Lipinski definition) is 6. The van der Waals surface area contributed by atoms with Crippen molar-refractivity contribution in [3.8, 4) is 0 Å². The van der Waals surface area contributed by atoms with Crippen molar-refractivity contribution in [3.05, 3.63) is 42.2 Å². The van der Waals surface area contributed by atoms with Gasteiger partial charge in [0.2, 0.25) is 0 Å². The quantitative estimate of drug-likeness (QED) is 0.869. The summed E-state index contributed by atoms with van der Waals surface area (Å²) < 4.78 is 22.7. The zero-order valence-corrected chi connectivity index (χ0v) is 12.1. The molecule has 1 heterocycles. The topological polar surface area (TPSA) is 84.0 Å². The molecule has 0 aliphatic rings. The standard InChI is InChI=1S/C13H16N4O2S/c1-14-12-8-15-9-13(17-12)16-7-10-3-5-11(6-4-10)20(2,18)19/h3-6,8-9H,7H2,1-2H3,(H2,14,16,17). The molecule has 2 aromatic rings. The number of hydrogen-bond donors (Lipinski definition) is 2. The average molecular weight is 292 g/mol. The van der Waals surface area contributed by atoms with Crippen molar-refractivity contribution in [2.24, 2.45) is 0 Å². The normalized spacial score (nSPS) is 11.1. The molecule has 0 atom stereocenters. The average Bonchev–Trinajstić information content (AvgIpc) is 2.45. The third-order valence-corrected chi connectivity index (χ3v) is 3.84. The van der Waals surface area contributed by atoms with Crippen LogP contribution in [0, 0.1) is 0 Å². The monoisotopic (exact) mass is 292 g/mol. The minimum absolute atomic E-state index is 0.318. The van der Waals surface area contributed by atoms with Crippen LogP contribution in [-0.2, 0) is 16.4 Å². The third kappa shape index (κ3) is 3.67. The van der Waals surface area contributed by atoms with Crippen molar-refractivity contribution >= 4 is 21.5 Å². The lowest BCUT2D eigenvalue weighted by Gasteiger charge is -2.07. The van der Waals surface area contributed by atoms with Gasteiger partial charge in [-0.3, -0.25) is 4.98 Å². The number of nitrogens with one attached hydrogen (secondary N) is 2. The molecule has 1 aromatic carbocycles. The summed E-state index contributed by atoms with van der Waals surface area (Å²) in [6.07, 6.45) is 4.46. The van der Waals surface area contributed by atoms with Gasteiger partial charge < -0.3 is 10.6 Å². The molecule has 0 saturated carbocycles. The van der Waals surface area contributed by atoms with Crippen molar-refractivity contribution in [1.29, 1.82) is 0 Å². The first kappa shape index (κ1) is 14.3. The molecule has 0 unspecified atom stereocenters. The van der Waals surface area contributed by atoms with Gasteiger partial charge in [0.05, 0.1) is 17.3 Å². The first-order chi connectivity index (χ1) is 9.49. The van der Waals surface area contributed by atoms with Crippen molar-refractivity contribution in [2.75, 3.05) is 23.9 Å². The predicted molar refractivity (Wildman–Crippen MR) is 78.5 cm³/mol. The fourth-order valence-corrected chi connectivity index (χ4v) is 2.25. The van der Waals surface area contributed by atoms with Crippen molar-refractivity contribution in [3.63, 3.8) is 0 Å². The van der Waals surface area contributed by atoms with E-state index in [1.807, 2.05) is 0 Å². The Bertz CT molecular complexity index is 684. The van der Waals surface area contributed by atoms with Gasteiger partial charge in [-0.05, 0) is 17.7 Å². The molecule has 106 valence electrons. The fourth-order valence-electron chi connectivity index (χ4n) is 1.62. The first-order valence-electron chi connectivity index (χ1n) is 6.02. The highest BCUT2D eigenvalue weighted by Gasteiger charge is 2.06. The van der Waals surface area contributed by atoms with Crippen LogP contribution in [-0.4, -0.2) is 31.7 Å². The summed E-state index contributed by atoms with van der Waals surface area (Å²) in [6.45, 7) is 0.548. The predicted octanol–water partition coefficient (Wildman–Crippen LogP) is 1.53. The van der Waals surface area contributed by atoms with E-state index in [1.54, 1.807) is 43.7 Å². The Morgan fingerprint density at radius 1 is 1.10 bits per heavy atom. The molecule has 7 heteroatoms. The van der Waals surface area contributed by atoms with E-state index in [9.17, 15) is 8.42 Å². The Morgan fingerprint density at radius 3 is 2.35 bits per heavy atom. The summed E-state index contributed by atoms with van der Waals surface area (Å²) >= 11 is 0. The van der Waals surface area contributed by atoms with Crippen LogP contribution in [0.15, 0.2) is 41.6 Å². The van der Waals surface area contributed by atoms with Crippen LogP contribution in [0.1, 0.15) is 5.56 Å². The molecule has 2 N–H and O–H groups in total. The number of sulfone groups is 1. The molecule has 6 nitrogen and oxygen atoms in total. The van der Waals surface area contributed by atoms with E-state index in [4.69, 9.17) is 0 Å². The highest BCUT2D eigenvalue weighted by molar-refractivity contribution is 7.90. The number of anilines is 2. The van der Waals surface area contributed by atoms with Crippen LogP contribution in [0.2, 0.25) is 0 Å². The molecule has 0 aliphatic carbocycles. The summed E-state index contributed by atoms with van der Waals surface area (Å²) in [6, 6.07) is 6.75. The maximum absolute atomic E-state index is 11.4. The van der Waals surface area contributed by atoms with Gasteiger partial charge >= 0.3 is 0 Å². The Morgan fingerprint density at radius 2 is 1.75 bits per heavy atom. The summed E-state index contributed by atoms with van der Waals surface area (Å²) in [7, 11) is -1.37. The molecule has 0 radical (unpaired) electrons. The van der Waals surface area contributed by atoms with Crippen molar-refractivity contribution in [2.45, 2.75) is 11.4 Å². The van der Waals surface area contributed by atoms with Gasteiger partial charge in [-0.1, -0.05) is 12.1 Å². The Labute approximate surface area is 118 Å². The summed E-state index contributed by atoms with van der Waals surface area (Å²) in [4.78, 5) is 8.65. The SMILES string of the molecule is CNc1cncc(NCc2ccc(S(C)(=O)=O)cc2)n1. The molecule has 0 amide bonds. The summed E-state index contributed by atoms with van der Waals surface area (Å²) in [5.41, 5.74) is 0.967. The largest absolute Gasteiger partial charge is 0.372 e. The van der Waals surface area contributed by atoms with Gasteiger partial charge in [-0.15, -0.1) is 0 Å². The molecular weight excluding hydrogens is 276 g/mol. The zero-order valence-electron chi connectivity index (χ0n) is 11.3.